The summed E-state index contributed by atoms with van der Waals surface area (Å²) in [5.41, 5.74) is 1.77. The molecule has 1 unspecified atom stereocenters. The molecule has 6 nitrogen and oxygen atoms in total. The molecule has 3 heterocycles. The van der Waals surface area contributed by atoms with Crippen molar-refractivity contribution in [1.82, 2.24) is 25.0 Å². The Hall–Kier alpha value is -1.15. The summed E-state index contributed by atoms with van der Waals surface area (Å²) in [6.45, 7) is 6.70. The summed E-state index contributed by atoms with van der Waals surface area (Å²) in [5.74, 6) is 0.116. The third-order valence-corrected chi connectivity index (χ3v) is 5.34. The van der Waals surface area contributed by atoms with Crippen LogP contribution in [-0.4, -0.2) is 51.2 Å². The number of thiazole rings is 1. The summed E-state index contributed by atoms with van der Waals surface area (Å²) in [4.78, 5) is 20.4. The minimum atomic E-state index is 0. The fraction of sp³-hybridized carbons (Fsp3) is 0.562. The molecule has 0 bridgehead atoms. The number of aryl methyl sites for hydroxylation is 2. The highest BCUT2D eigenvalue weighted by Gasteiger charge is 2.29. The SMILES string of the molecule is CCCN(C(=O)c1sc(-c2cnn(C)c2)nc1C)C1CCNC1.Cl.Cl. The Morgan fingerprint density at radius 2 is 2.24 bits per heavy atom. The smallest absolute Gasteiger partial charge is 0.266 e. The molecular weight excluding hydrogens is 381 g/mol. The van der Waals surface area contributed by atoms with Crippen LogP contribution < -0.4 is 5.32 Å². The number of rotatable bonds is 5. The summed E-state index contributed by atoms with van der Waals surface area (Å²) < 4.78 is 1.75. The molecule has 0 aliphatic carbocycles. The standard InChI is InChI=1S/C16H23N5OS.2ClH/c1-4-7-21(13-5-6-17-9-13)16(22)14-11(2)19-15(23-14)12-8-18-20(3)10-12;;/h8,10,13,17H,4-7,9H2,1-3H3;2*1H. The Kier molecular flexibility index (Phi) is 8.34. The van der Waals surface area contributed by atoms with Gasteiger partial charge >= 0.3 is 0 Å². The zero-order valence-corrected chi connectivity index (χ0v) is 17.1. The van der Waals surface area contributed by atoms with E-state index < -0.39 is 0 Å². The lowest BCUT2D eigenvalue weighted by molar-refractivity contribution is 0.0696. The minimum Gasteiger partial charge on any atom is -0.334 e. The van der Waals surface area contributed by atoms with Crippen LogP contribution in [0.2, 0.25) is 0 Å². The van der Waals surface area contributed by atoms with Gasteiger partial charge in [0, 0.05) is 37.9 Å². The molecule has 1 saturated heterocycles. The van der Waals surface area contributed by atoms with Crippen LogP contribution in [0.3, 0.4) is 0 Å². The average Bonchev–Trinajstić information content (AvgIpc) is 3.24. The third kappa shape index (κ3) is 4.73. The van der Waals surface area contributed by atoms with Crippen molar-refractivity contribution in [2.45, 2.75) is 32.7 Å². The second-order valence-corrected chi connectivity index (χ2v) is 6.98. The van der Waals surface area contributed by atoms with Crippen LogP contribution in [0.5, 0.6) is 0 Å². The van der Waals surface area contributed by atoms with E-state index in [1.54, 1.807) is 10.9 Å². The molecule has 0 spiro atoms. The number of carbonyl (C=O) groups excluding carboxylic acids is 1. The van der Waals surface area contributed by atoms with Gasteiger partial charge in [-0.05, 0) is 26.3 Å². The number of nitrogens with zero attached hydrogens (tertiary/aromatic N) is 4. The highest BCUT2D eigenvalue weighted by atomic mass is 35.5. The van der Waals surface area contributed by atoms with E-state index in [-0.39, 0.29) is 30.7 Å². The Morgan fingerprint density at radius 3 is 2.80 bits per heavy atom. The molecule has 0 radical (unpaired) electrons. The van der Waals surface area contributed by atoms with Crippen LogP contribution in [0.4, 0.5) is 0 Å². The summed E-state index contributed by atoms with van der Waals surface area (Å²) in [6.07, 6.45) is 5.71. The van der Waals surface area contributed by atoms with Crippen molar-refractivity contribution in [3.05, 3.63) is 23.0 Å². The zero-order chi connectivity index (χ0) is 16.4. The van der Waals surface area contributed by atoms with Crippen molar-refractivity contribution in [1.29, 1.82) is 0 Å². The van der Waals surface area contributed by atoms with Gasteiger partial charge in [-0.3, -0.25) is 9.48 Å². The van der Waals surface area contributed by atoms with Crippen molar-refractivity contribution < 1.29 is 4.79 Å². The largest absolute Gasteiger partial charge is 0.334 e. The van der Waals surface area contributed by atoms with Gasteiger partial charge in [-0.2, -0.15) is 5.10 Å². The first-order valence-electron chi connectivity index (χ1n) is 8.08. The summed E-state index contributed by atoms with van der Waals surface area (Å²) in [7, 11) is 1.88. The predicted octanol–water partition coefficient (Wildman–Crippen LogP) is 2.91. The maximum Gasteiger partial charge on any atom is 0.266 e. The zero-order valence-electron chi connectivity index (χ0n) is 14.7. The quantitative estimate of drug-likeness (QED) is 0.830. The molecular formula is C16H25Cl2N5OS. The Labute approximate surface area is 164 Å². The van der Waals surface area contributed by atoms with Crippen LogP contribution in [0.1, 0.15) is 35.1 Å². The van der Waals surface area contributed by atoms with E-state index in [9.17, 15) is 4.79 Å². The number of hydrogen-bond donors (Lipinski definition) is 1. The highest BCUT2D eigenvalue weighted by molar-refractivity contribution is 7.17. The Balaban J connectivity index is 0.00000156. The maximum atomic E-state index is 13.0. The van der Waals surface area contributed by atoms with Gasteiger partial charge in [-0.25, -0.2) is 4.98 Å². The normalized spacial score (nSPS) is 16.2. The number of carbonyl (C=O) groups is 1. The van der Waals surface area contributed by atoms with E-state index in [4.69, 9.17) is 0 Å². The topological polar surface area (TPSA) is 63.1 Å². The van der Waals surface area contributed by atoms with Crippen molar-refractivity contribution in [3.63, 3.8) is 0 Å². The first-order chi connectivity index (χ1) is 11.1. The summed E-state index contributed by atoms with van der Waals surface area (Å²) in [5, 5.41) is 8.39. The number of nitrogens with one attached hydrogen (secondary N) is 1. The molecule has 1 aliphatic heterocycles. The Bertz CT molecular complexity index is 697. The van der Waals surface area contributed by atoms with E-state index >= 15 is 0 Å². The molecule has 1 atom stereocenters. The van der Waals surface area contributed by atoms with Gasteiger partial charge in [0.05, 0.1) is 11.9 Å². The molecule has 1 aliphatic rings. The molecule has 2 aromatic heterocycles. The van der Waals surface area contributed by atoms with Gasteiger partial charge in [-0.15, -0.1) is 36.2 Å². The first-order valence-corrected chi connectivity index (χ1v) is 8.90. The summed E-state index contributed by atoms with van der Waals surface area (Å²) >= 11 is 1.47. The molecule has 25 heavy (non-hydrogen) atoms. The van der Waals surface area contributed by atoms with Crippen LogP contribution in [0.25, 0.3) is 10.6 Å². The summed E-state index contributed by atoms with van der Waals surface area (Å²) in [6, 6.07) is 0.297. The van der Waals surface area contributed by atoms with Gasteiger partial charge < -0.3 is 10.2 Å². The van der Waals surface area contributed by atoms with E-state index in [0.717, 1.165) is 53.6 Å². The van der Waals surface area contributed by atoms with Crippen molar-refractivity contribution in [2.75, 3.05) is 19.6 Å². The maximum absolute atomic E-state index is 13.0. The van der Waals surface area contributed by atoms with Crippen LogP contribution in [0, 0.1) is 6.92 Å². The Morgan fingerprint density at radius 1 is 1.48 bits per heavy atom. The molecule has 0 saturated carbocycles. The molecule has 0 aromatic carbocycles. The van der Waals surface area contributed by atoms with Gasteiger partial charge in [0.25, 0.3) is 5.91 Å². The van der Waals surface area contributed by atoms with Crippen LogP contribution >= 0.6 is 36.2 Å². The lowest BCUT2D eigenvalue weighted by Gasteiger charge is -2.27. The van der Waals surface area contributed by atoms with E-state index in [1.165, 1.54) is 11.3 Å². The molecule has 140 valence electrons. The lowest BCUT2D eigenvalue weighted by atomic mass is 10.2. The van der Waals surface area contributed by atoms with Gasteiger partial charge in [0.15, 0.2) is 0 Å². The number of hydrogen-bond acceptors (Lipinski definition) is 5. The fourth-order valence-corrected chi connectivity index (χ4v) is 3.97. The van der Waals surface area contributed by atoms with Gasteiger partial charge in [0.1, 0.15) is 9.88 Å². The van der Waals surface area contributed by atoms with Crippen molar-refractivity contribution in [2.24, 2.45) is 7.05 Å². The highest BCUT2D eigenvalue weighted by Crippen LogP contribution is 2.29. The van der Waals surface area contributed by atoms with E-state index in [0.29, 0.717) is 6.04 Å². The predicted molar refractivity (Wildman–Crippen MR) is 106 cm³/mol. The monoisotopic (exact) mass is 405 g/mol. The van der Waals surface area contributed by atoms with Crippen molar-refractivity contribution >= 4 is 42.1 Å². The van der Waals surface area contributed by atoms with Crippen LogP contribution in [-0.2, 0) is 7.05 Å². The molecule has 3 rings (SSSR count). The number of halogens is 2. The van der Waals surface area contributed by atoms with E-state index in [2.05, 4.69) is 22.3 Å². The number of amides is 1. The van der Waals surface area contributed by atoms with Crippen LogP contribution in [0.15, 0.2) is 12.4 Å². The minimum absolute atomic E-state index is 0. The molecule has 1 amide bonds. The number of aromatic nitrogens is 3. The van der Waals surface area contributed by atoms with Gasteiger partial charge in [-0.1, -0.05) is 6.92 Å². The first kappa shape index (κ1) is 21.9. The van der Waals surface area contributed by atoms with Gasteiger partial charge in [0.2, 0.25) is 0 Å². The average molecular weight is 406 g/mol. The molecule has 1 fully saturated rings. The second-order valence-electron chi connectivity index (χ2n) is 5.98. The van der Waals surface area contributed by atoms with E-state index in [1.807, 2.05) is 25.1 Å². The fourth-order valence-electron chi connectivity index (χ4n) is 2.98. The second kappa shape index (κ2) is 9.52. The molecule has 2 aromatic rings. The lowest BCUT2D eigenvalue weighted by Crippen LogP contribution is -2.42. The molecule has 1 N–H and O–H groups in total. The third-order valence-electron chi connectivity index (χ3n) is 4.14. The molecule has 9 heteroatoms. The van der Waals surface area contributed by atoms with Crippen molar-refractivity contribution in [3.8, 4) is 10.6 Å².